The SMILES string of the molecule is Cc1scnc1C(C)NC(=O)C1CCC(Nc2nccc(N)n2)CC1. The molecule has 1 aliphatic carbocycles. The van der Waals surface area contributed by atoms with Crippen molar-refractivity contribution in [3.8, 4) is 0 Å². The summed E-state index contributed by atoms with van der Waals surface area (Å²) >= 11 is 1.61. The summed E-state index contributed by atoms with van der Waals surface area (Å²) in [7, 11) is 0. The van der Waals surface area contributed by atoms with E-state index in [-0.39, 0.29) is 23.9 Å². The van der Waals surface area contributed by atoms with Gasteiger partial charge in [0.1, 0.15) is 5.82 Å². The van der Waals surface area contributed by atoms with Crippen LogP contribution in [0, 0.1) is 12.8 Å². The van der Waals surface area contributed by atoms with Crippen LogP contribution in [0.4, 0.5) is 11.8 Å². The third-order valence-corrected chi connectivity index (χ3v) is 5.43. The normalized spacial score (nSPS) is 21.5. The van der Waals surface area contributed by atoms with Gasteiger partial charge in [-0.2, -0.15) is 4.98 Å². The molecule has 3 rings (SSSR count). The molecule has 7 nitrogen and oxygen atoms in total. The molecule has 1 fully saturated rings. The van der Waals surface area contributed by atoms with Crippen molar-refractivity contribution < 1.29 is 4.79 Å². The van der Waals surface area contributed by atoms with Crippen molar-refractivity contribution in [3.63, 3.8) is 0 Å². The second-order valence-corrected chi connectivity index (χ2v) is 7.58. The molecule has 1 unspecified atom stereocenters. The van der Waals surface area contributed by atoms with Gasteiger partial charge < -0.3 is 16.4 Å². The quantitative estimate of drug-likeness (QED) is 0.757. The van der Waals surface area contributed by atoms with Crippen LogP contribution >= 0.6 is 11.3 Å². The van der Waals surface area contributed by atoms with Crippen LogP contribution in [0.25, 0.3) is 0 Å². The number of aryl methyl sites for hydroxylation is 1. The highest BCUT2D eigenvalue weighted by molar-refractivity contribution is 7.09. The highest BCUT2D eigenvalue weighted by Crippen LogP contribution is 2.27. The van der Waals surface area contributed by atoms with E-state index in [1.165, 1.54) is 0 Å². The second kappa shape index (κ2) is 7.77. The average Bonchev–Trinajstić information content (AvgIpc) is 3.01. The van der Waals surface area contributed by atoms with Crippen molar-refractivity contribution in [2.75, 3.05) is 11.1 Å². The number of aromatic nitrogens is 3. The largest absolute Gasteiger partial charge is 0.384 e. The second-order valence-electron chi connectivity index (χ2n) is 6.52. The van der Waals surface area contributed by atoms with E-state index in [0.717, 1.165) is 36.3 Å². The topological polar surface area (TPSA) is 106 Å². The van der Waals surface area contributed by atoms with Crippen LogP contribution < -0.4 is 16.4 Å². The Labute approximate surface area is 151 Å². The van der Waals surface area contributed by atoms with Crippen molar-refractivity contribution >= 4 is 29.0 Å². The molecule has 134 valence electrons. The summed E-state index contributed by atoms with van der Waals surface area (Å²) in [6.07, 6.45) is 5.19. The number of nitrogens with zero attached hydrogens (tertiary/aromatic N) is 3. The fourth-order valence-electron chi connectivity index (χ4n) is 3.25. The number of carbonyl (C=O) groups is 1. The highest BCUT2D eigenvalue weighted by Gasteiger charge is 2.28. The molecule has 4 N–H and O–H groups in total. The molecule has 1 aliphatic rings. The molecule has 0 bridgehead atoms. The van der Waals surface area contributed by atoms with Crippen LogP contribution in [-0.2, 0) is 4.79 Å². The van der Waals surface area contributed by atoms with Crippen LogP contribution in [0.3, 0.4) is 0 Å². The standard InChI is InChI=1S/C17H24N6OS/c1-10(15-11(2)25-9-20-15)21-16(24)12-3-5-13(6-4-12)22-17-19-8-7-14(18)23-17/h7-10,12-13H,3-6H2,1-2H3,(H,21,24)(H3,18,19,22,23). The van der Waals surface area contributed by atoms with Crippen LogP contribution in [0.5, 0.6) is 0 Å². The number of hydrogen-bond acceptors (Lipinski definition) is 7. The number of anilines is 2. The average molecular weight is 360 g/mol. The predicted octanol–water partition coefficient (Wildman–Crippen LogP) is 2.67. The summed E-state index contributed by atoms with van der Waals surface area (Å²) in [4.78, 5) is 26.4. The maximum absolute atomic E-state index is 12.5. The molecule has 0 spiro atoms. The number of thiazole rings is 1. The maximum atomic E-state index is 12.5. The van der Waals surface area contributed by atoms with E-state index >= 15 is 0 Å². The lowest BCUT2D eigenvalue weighted by Crippen LogP contribution is -2.37. The molecule has 0 aliphatic heterocycles. The van der Waals surface area contributed by atoms with Gasteiger partial charge in [-0.05, 0) is 45.6 Å². The fourth-order valence-corrected chi connectivity index (χ4v) is 3.93. The Morgan fingerprint density at radius 3 is 2.72 bits per heavy atom. The third-order valence-electron chi connectivity index (χ3n) is 4.66. The van der Waals surface area contributed by atoms with Gasteiger partial charge in [0.25, 0.3) is 0 Å². The van der Waals surface area contributed by atoms with E-state index in [1.54, 1.807) is 23.6 Å². The molecule has 2 aromatic rings. The number of amides is 1. The summed E-state index contributed by atoms with van der Waals surface area (Å²) in [5.41, 5.74) is 8.46. The monoisotopic (exact) mass is 360 g/mol. The Morgan fingerprint density at radius 2 is 2.08 bits per heavy atom. The first-order valence-electron chi connectivity index (χ1n) is 8.58. The van der Waals surface area contributed by atoms with Gasteiger partial charge in [-0.3, -0.25) is 4.79 Å². The Bertz CT molecular complexity index is 725. The van der Waals surface area contributed by atoms with Crippen molar-refractivity contribution in [2.24, 2.45) is 5.92 Å². The Kier molecular flexibility index (Phi) is 5.47. The minimum absolute atomic E-state index is 0.0460. The Hall–Kier alpha value is -2.22. The number of rotatable bonds is 5. The minimum Gasteiger partial charge on any atom is -0.384 e. The van der Waals surface area contributed by atoms with Crippen LogP contribution in [0.15, 0.2) is 17.8 Å². The lowest BCUT2D eigenvalue weighted by atomic mass is 9.85. The van der Waals surface area contributed by atoms with E-state index in [1.807, 2.05) is 19.4 Å². The smallest absolute Gasteiger partial charge is 0.224 e. The van der Waals surface area contributed by atoms with E-state index in [0.29, 0.717) is 11.8 Å². The van der Waals surface area contributed by atoms with Gasteiger partial charge in [-0.1, -0.05) is 0 Å². The molecule has 1 amide bonds. The Balaban J connectivity index is 1.48. The number of carbonyl (C=O) groups excluding carboxylic acids is 1. The number of nitrogens with one attached hydrogen (secondary N) is 2. The van der Waals surface area contributed by atoms with Crippen LogP contribution in [0.2, 0.25) is 0 Å². The third kappa shape index (κ3) is 4.45. The van der Waals surface area contributed by atoms with Gasteiger partial charge in [0.05, 0.1) is 17.2 Å². The highest BCUT2D eigenvalue weighted by atomic mass is 32.1. The molecule has 0 radical (unpaired) electrons. The minimum atomic E-state index is -0.0460. The lowest BCUT2D eigenvalue weighted by Gasteiger charge is -2.29. The van der Waals surface area contributed by atoms with Gasteiger partial charge in [0.2, 0.25) is 11.9 Å². The summed E-state index contributed by atoms with van der Waals surface area (Å²) in [6.45, 7) is 4.02. The van der Waals surface area contributed by atoms with Crippen molar-refractivity contribution in [1.29, 1.82) is 0 Å². The first-order chi connectivity index (χ1) is 12.0. The molecule has 2 heterocycles. The molecule has 2 aromatic heterocycles. The van der Waals surface area contributed by atoms with Gasteiger partial charge in [0.15, 0.2) is 0 Å². The number of nitrogen functional groups attached to an aromatic ring is 1. The van der Waals surface area contributed by atoms with Crippen LogP contribution in [-0.4, -0.2) is 26.9 Å². The van der Waals surface area contributed by atoms with E-state index in [2.05, 4.69) is 25.6 Å². The summed E-state index contributed by atoms with van der Waals surface area (Å²) in [6, 6.07) is 1.90. The summed E-state index contributed by atoms with van der Waals surface area (Å²) in [5, 5.41) is 6.42. The molecule has 0 saturated heterocycles. The molecular formula is C17H24N6OS. The fraction of sp³-hybridized carbons (Fsp3) is 0.529. The lowest BCUT2D eigenvalue weighted by molar-refractivity contribution is -0.126. The van der Waals surface area contributed by atoms with Gasteiger partial charge in [-0.15, -0.1) is 11.3 Å². The molecule has 0 aromatic carbocycles. The van der Waals surface area contributed by atoms with E-state index in [4.69, 9.17) is 5.73 Å². The van der Waals surface area contributed by atoms with Gasteiger partial charge in [0, 0.05) is 23.0 Å². The number of nitrogens with two attached hydrogens (primary N) is 1. The van der Waals surface area contributed by atoms with Crippen molar-refractivity contribution in [2.45, 2.75) is 51.6 Å². The van der Waals surface area contributed by atoms with Crippen LogP contribution in [0.1, 0.15) is 49.2 Å². The first-order valence-corrected chi connectivity index (χ1v) is 9.46. The van der Waals surface area contributed by atoms with Crippen molar-refractivity contribution in [3.05, 3.63) is 28.3 Å². The zero-order valence-corrected chi connectivity index (χ0v) is 15.3. The van der Waals surface area contributed by atoms with Crippen molar-refractivity contribution in [1.82, 2.24) is 20.3 Å². The number of hydrogen-bond donors (Lipinski definition) is 3. The molecule has 25 heavy (non-hydrogen) atoms. The predicted molar refractivity (Wildman–Crippen MR) is 99.2 cm³/mol. The van der Waals surface area contributed by atoms with Gasteiger partial charge in [-0.25, -0.2) is 9.97 Å². The molecule has 1 saturated carbocycles. The summed E-state index contributed by atoms with van der Waals surface area (Å²) < 4.78 is 0. The zero-order valence-electron chi connectivity index (χ0n) is 14.5. The zero-order chi connectivity index (χ0) is 17.8. The molecular weight excluding hydrogens is 336 g/mol. The van der Waals surface area contributed by atoms with Gasteiger partial charge >= 0.3 is 0 Å². The summed E-state index contributed by atoms with van der Waals surface area (Å²) in [5.74, 6) is 1.19. The first kappa shape index (κ1) is 17.6. The van der Waals surface area contributed by atoms with E-state index < -0.39 is 0 Å². The molecule has 1 atom stereocenters. The van der Waals surface area contributed by atoms with E-state index in [9.17, 15) is 4.79 Å². The molecule has 8 heteroatoms. The maximum Gasteiger partial charge on any atom is 0.224 e. The Morgan fingerprint density at radius 1 is 1.32 bits per heavy atom.